The molecule has 6 nitrogen and oxygen atoms in total. The lowest BCUT2D eigenvalue weighted by Crippen LogP contribution is -2.39. The van der Waals surface area contributed by atoms with Crippen molar-refractivity contribution in [2.75, 3.05) is 26.9 Å². The maximum atomic E-state index is 12.4. The summed E-state index contributed by atoms with van der Waals surface area (Å²) in [6.07, 6.45) is -0.898. The van der Waals surface area contributed by atoms with Gasteiger partial charge >= 0.3 is 6.09 Å². The summed E-state index contributed by atoms with van der Waals surface area (Å²) in [7, 11) is -2.50. The lowest BCUT2D eigenvalue weighted by atomic mass is 10.2. The second-order valence-electron chi connectivity index (χ2n) is 4.08. The zero-order valence-electron chi connectivity index (χ0n) is 11.8. The Kier molecular flexibility index (Phi) is 5.97. The highest BCUT2D eigenvalue weighted by molar-refractivity contribution is 7.89. The van der Waals surface area contributed by atoms with Gasteiger partial charge in [0.05, 0.1) is 24.7 Å². The van der Waals surface area contributed by atoms with Gasteiger partial charge in [0, 0.05) is 7.11 Å². The van der Waals surface area contributed by atoms with Gasteiger partial charge < -0.3 is 9.47 Å². The number of benzene rings is 1. The van der Waals surface area contributed by atoms with Gasteiger partial charge in [-0.15, -0.1) is 0 Å². The largest absolute Gasteiger partial charge is 0.449 e. The topological polar surface area (TPSA) is 72.9 Å². The van der Waals surface area contributed by atoms with Crippen LogP contribution >= 0.6 is 0 Å². The molecule has 0 heterocycles. The van der Waals surface area contributed by atoms with E-state index in [1.54, 1.807) is 19.1 Å². The molecule has 0 aromatic heterocycles. The van der Waals surface area contributed by atoms with Gasteiger partial charge in [0.2, 0.25) is 0 Å². The molecule has 0 aliphatic carbocycles. The number of amides is 1. The molecule has 1 aromatic rings. The van der Waals surface area contributed by atoms with Crippen molar-refractivity contribution in [3.05, 3.63) is 29.8 Å². The van der Waals surface area contributed by atoms with Crippen LogP contribution in [0.5, 0.6) is 0 Å². The first-order valence-electron chi connectivity index (χ1n) is 6.18. The summed E-state index contributed by atoms with van der Waals surface area (Å²) in [5.41, 5.74) is 0.934. The molecule has 112 valence electrons. The third-order valence-electron chi connectivity index (χ3n) is 2.58. The molecule has 0 atom stereocenters. The molecule has 0 fully saturated rings. The minimum Gasteiger partial charge on any atom is -0.449 e. The highest BCUT2D eigenvalue weighted by Gasteiger charge is 2.30. The number of hydrogen-bond donors (Lipinski definition) is 0. The minimum atomic E-state index is -3.93. The van der Waals surface area contributed by atoms with Crippen LogP contribution in [-0.2, 0) is 19.5 Å². The summed E-state index contributed by atoms with van der Waals surface area (Å²) >= 11 is 0. The lowest BCUT2D eigenvalue weighted by molar-refractivity contribution is 0.118. The molecular formula is C13H19NO5S. The van der Waals surface area contributed by atoms with Crippen molar-refractivity contribution in [2.24, 2.45) is 0 Å². The Morgan fingerprint density at radius 2 is 1.85 bits per heavy atom. The highest BCUT2D eigenvalue weighted by atomic mass is 32.2. The van der Waals surface area contributed by atoms with Gasteiger partial charge in [0.1, 0.15) is 0 Å². The molecule has 1 amide bonds. The average molecular weight is 301 g/mol. The smallest absolute Gasteiger partial charge is 0.423 e. The summed E-state index contributed by atoms with van der Waals surface area (Å²) in [4.78, 5) is 11.9. The van der Waals surface area contributed by atoms with Gasteiger partial charge in [-0.25, -0.2) is 13.2 Å². The van der Waals surface area contributed by atoms with E-state index in [4.69, 9.17) is 9.47 Å². The normalized spacial score (nSPS) is 11.2. The van der Waals surface area contributed by atoms with Crippen molar-refractivity contribution < 1.29 is 22.7 Å². The summed E-state index contributed by atoms with van der Waals surface area (Å²) in [6, 6.07) is 6.27. The molecule has 0 aliphatic rings. The fraction of sp³-hybridized carbons (Fsp3) is 0.462. The first-order valence-corrected chi connectivity index (χ1v) is 7.62. The third kappa shape index (κ3) is 3.94. The molecule has 20 heavy (non-hydrogen) atoms. The second-order valence-corrected chi connectivity index (χ2v) is 5.94. The van der Waals surface area contributed by atoms with Crippen LogP contribution in [0.1, 0.15) is 12.5 Å². The fourth-order valence-electron chi connectivity index (χ4n) is 1.52. The number of aryl methyl sites for hydroxylation is 1. The average Bonchev–Trinajstić information content (AvgIpc) is 2.39. The van der Waals surface area contributed by atoms with E-state index >= 15 is 0 Å². The molecule has 0 spiro atoms. The molecule has 0 radical (unpaired) electrons. The quantitative estimate of drug-likeness (QED) is 0.801. The van der Waals surface area contributed by atoms with Crippen molar-refractivity contribution in [1.29, 1.82) is 0 Å². The predicted octanol–water partition coefficient (Wildman–Crippen LogP) is 1.79. The van der Waals surface area contributed by atoms with Crippen LogP contribution in [0.4, 0.5) is 4.79 Å². The summed E-state index contributed by atoms with van der Waals surface area (Å²) < 4.78 is 35.2. The van der Waals surface area contributed by atoms with E-state index in [2.05, 4.69) is 0 Å². The maximum absolute atomic E-state index is 12.4. The van der Waals surface area contributed by atoms with Crippen LogP contribution in [0.3, 0.4) is 0 Å². The predicted molar refractivity (Wildman–Crippen MR) is 74.0 cm³/mol. The number of sulfonamides is 1. The molecule has 0 N–H and O–H groups in total. The first kappa shape index (κ1) is 16.5. The minimum absolute atomic E-state index is 0.0484. The highest BCUT2D eigenvalue weighted by Crippen LogP contribution is 2.17. The van der Waals surface area contributed by atoms with Crippen LogP contribution in [0.2, 0.25) is 0 Å². The molecule has 0 saturated heterocycles. The zero-order chi connectivity index (χ0) is 15.2. The van der Waals surface area contributed by atoms with Gasteiger partial charge in [-0.3, -0.25) is 0 Å². The maximum Gasteiger partial charge on any atom is 0.423 e. The Morgan fingerprint density at radius 1 is 1.25 bits per heavy atom. The number of rotatable bonds is 6. The molecule has 1 rings (SSSR count). The molecule has 7 heteroatoms. The van der Waals surface area contributed by atoms with Gasteiger partial charge in [0.25, 0.3) is 10.0 Å². The van der Waals surface area contributed by atoms with E-state index in [0.29, 0.717) is 4.31 Å². The van der Waals surface area contributed by atoms with Crippen LogP contribution < -0.4 is 0 Å². The Balaban J connectivity index is 3.09. The van der Waals surface area contributed by atoms with Crippen molar-refractivity contribution >= 4 is 16.1 Å². The standard InChI is InChI=1S/C13H19NO5S/c1-4-19-13(15)14(9-10-18-3)20(16,17)12-7-5-11(2)6-8-12/h5-8H,4,9-10H2,1-3H3. The van der Waals surface area contributed by atoms with Crippen LogP contribution in [-0.4, -0.2) is 45.7 Å². The third-order valence-corrected chi connectivity index (χ3v) is 4.36. The monoisotopic (exact) mass is 301 g/mol. The summed E-state index contributed by atoms with van der Waals surface area (Å²) in [6.45, 7) is 3.58. The molecule has 1 aromatic carbocycles. The van der Waals surface area contributed by atoms with Crippen molar-refractivity contribution in [1.82, 2.24) is 4.31 Å². The molecule has 0 bridgehead atoms. The van der Waals surface area contributed by atoms with E-state index in [0.717, 1.165) is 5.56 Å². The van der Waals surface area contributed by atoms with Gasteiger partial charge in [0.15, 0.2) is 0 Å². The van der Waals surface area contributed by atoms with Gasteiger partial charge in [-0.2, -0.15) is 4.31 Å². The Labute approximate surface area is 119 Å². The van der Waals surface area contributed by atoms with Crippen molar-refractivity contribution in [2.45, 2.75) is 18.7 Å². The van der Waals surface area contributed by atoms with Gasteiger partial charge in [-0.1, -0.05) is 17.7 Å². The molecular weight excluding hydrogens is 282 g/mol. The van der Waals surface area contributed by atoms with E-state index in [1.807, 2.05) is 6.92 Å². The fourth-order valence-corrected chi connectivity index (χ4v) is 2.82. The Hall–Kier alpha value is -1.60. The zero-order valence-corrected chi connectivity index (χ0v) is 12.6. The summed E-state index contributed by atoms with van der Waals surface area (Å²) in [5.74, 6) is 0. The number of carbonyl (C=O) groups is 1. The van der Waals surface area contributed by atoms with Crippen molar-refractivity contribution in [3.63, 3.8) is 0 Å². The second kappa shape index (κ2) is 7.25. The number of methoxy groups -OCH3 is 1. The van der Waals surface area contributed by atoms with E-state index in [-0.39, 0.29) is 24.7 Å². The Morgan fingerprint density at radius 3 is 2.35 bits per heavy atom. The Bertz CT molecular complexity index is 538. The summed E-state index contributed by atoms with van der Waals surface area (Å²) in [5, 5.41) is 0. The van der Waals surface area contributed by atoms with Crippen molar-refractivity contribution in [3.8, 4) is 0 Å². The van der Waals surface area contributed by atoms with Crippen LogP contribution in [0, 0.1) is 6.92 Å². The molecule has 0 unspecified atom stereocenters. The number of nitrogens with zero attached hydrogens (tertiary/aromatic N) is 1. The van der Waals surface area contributed by atoms with Gasteiger partial charge in [-0.05, 0) is 26.0 Å². The molecule has 0 saturated carbocycles. The van der Waals surface area contributed by atoms with Crippen LogP contribution in [0.15, 0.2) is 29.2 Å². The van der Waals surface area contributed by atoms with Crippen LogP contribution in [0.25, 0.3) is 0 Å². The van der Waals surface area contributed by atoms with E-state index < -0.39 is 16.1 Å². The number of ether oxygens (including phenoxy) is 2. The van der Waals surface area contributed by atoms with E-state index in [1.165, 1.54) is 19.2 Å². The molecule has 0 aliphatic heterocycles. The number of hydrogen-bond acceptors (Lipinski definition) is 5. The number of carbonyl (C=O) groups excluding carboxylic acids is 1. The SMILES string of the molecule is CCOC(=O)N(CCOC)S(=O)(=O)c1ccc(C)cc1. The lowest BCUT2D eigenvalue weighted by Gasteiger charge is -2.21. The first-order chi connectivity index (χ1) is 9.43. The van der Waals surface area contributed by atoms with E-state index in [9.17, 15) is 13.2 Å².